The van der Waals surface area contributed by atoms with E-state index in [1.807, 2.05) is 0 Å². The lowest BCUT2D eigenvalue weighted by Gasteiger charge is -2.20. The first-order chi connectivity index (χ1) is 9.18. The van der Waals surface area contributed by atoms with Crippen LogP contribution in [0, 0.1) is 0 Å². The number of ether oxygens (including phenoxy) is 1. The van der Waals surface area contributed by atoms with Crippen molar-refractivity contribution in [3.63, 3.8) is 0 Å². The Morgan fingerprint density at radius 3 is 2.50 bits per heavy atom. The van der Waals surface area contributed by atoms with Crippen molar-refractivity contribution >= 4 is 9.84 Å². The third-order valence-corrected chi connectivity index (χ3v) is 3.84. The van der Waals surface area contributed by atoms with Crippen molar-refractivity contribution in [3.05, 3.63) is 24.3 Å². The van der Waals surface area contributed by atoms with Crippen LogP contribution in [0.3, 0.4) is 0 Å². The van der Waals surface area contributed by atoms with Crippen molar-refractivity contribution in [3.8, 4) is 5.75 Å². The molecule has 0 aliphatic heterocycles. The van der Waals surface area contributed by atoms with Gasteiger partial charge in [-0.05, 0) is 58.4 Å². The highest BCUT2D eigenvalue weighted by Crippen LogP contribution is 2.17. The minimum atomic E-state index is -3.17. The van der Waals surface area contributed by atoms with Crippen LogP contribution in [0.2, 0.25) is 0 Å². The molecule has 0 atom stereocenters. The molecule has 0 aliphatic carbocycles. The molecular formula is C15H25NO3S. The molecule has 0 radical (unpaired) electrons. The summed E-state index contributed by atoms with van der Waals surface area (Å²) in [6.45, 7) is 7.97. The third-order valence-electron chi connectivity index (χ3n) is 2.73. The second kappa shape index (κ2) is 7.09. The summed E-state index contributed by atoms with van der Waals surface area (Å²) in [6.07, 6.45) is 3.17. The van der Waals surface area contributed by atoms with Crippen LogP contribution < -0.4 is 10.1 Å². The molecule has 0 heterocycles. The van der Waals surface area contributed by atoms with Crippen LogP contribution in [0.15, 0.2) is 29.2 Å². The molecule has 1 rings (SSSR count). The van der Waals surface area contributed by atoms with Gasteiger partial charge in [0, 0.05) is 11.8 Å². The van der Waals surface area contributed by atoms with E-state index in [0.717, 1.165) is 19.4 Å². The van der Waals surface area contributed by atoms with Crippen LogP contribution in [-0.2, 0) is 9.84 Å². The lowest BCUT2D eigenvalue weighted by Crippen LogP contribution is -2.36. The van der Waals surface area contributed by atoms with E-state index in [4.69, 9.17) is 4.74 Å². The van der Waals surface area contributed by atoms with Crippen LogP contribution in [0.1, 0.15) is 33.6 Å². The van der Waals surface area contributed by atoms with Gasteiger partial charge < -0.3 is 10.1 Å². The summed E-state index contributed by atoms with van der Waals surface area (Å²) in [7, 11) is -3.17. The molecule has 1 N–H and O–H groups in total. The molecule has 0 spiro atoms. The summed E-state index contributed by atoms with van der Waals surface area (Å²) >= 11 is 0. The molecule has 0 fully saturated rings. The minimum Gasteiger partial charge on any atom is -0.494 e. The van der Waals surface area contributed by atoms with E-state index in [2.05, 4.69) is 26.1 Å². The average Bonchev–Trinajstić information content (AvgIpc) is 2.31. The summed E-state index contributed by atoms with van der Waals surface area (Å²) in [5, 5.41) is 3.41. The molecule has 20 heavy (non-hydrogen) atoms. The average molecular weight is 299 g/mol. The zero-order valence-corrected chi connectivity index (χ0v) is 13.6. The van der Waals surface area contributed by atoms with Gasteiger partial charge in [-0.15, -0.1) is 0 Å². The molecular weight excluding hydrogens is 274 g/mol. The normalized spacial score (nSPS) is 12.4. The van der Waals surface area contributed by atoms with Gasteiger partial charge in [0.1, 0.15) is 5.75 Å². The van der Waals surface area contributed by atoms with E-state index in [9.17, 15) is 8.42 Å². The van der Waals surface area contributed by atoms with Gasteiger partial charge in [-0.3, -0.25) is 0 Å². The molecule has 0 aliphatic rings. The number of sulfone groups is 1. The second-order valence-corrected chi connectivity index (χ2v) is 8.00. The first-order valence-electron chi connectivity index (χ1n) is 6.86. The zero-order valence-electron chi connectivity index (χ0n) is 12.8. The first kappa shape index (κ1) is 17.0. The van der Waals surface area contributed by atoms with E-state index in [1.165, 1.54) is 6.26 Å². The number of nitrogens with one attached hydrogen (secondary N) is 1. The van der Waals surface area contributed by atoms with Gasteiger partial charge in [-0.1, -0.05) is 6.07 Å². The molecule has 0 saturated carbocycles. The zero-order chi connectivity index (χ0) is 15.2. The number of benzene rings is 1. The van der Waals surface area contributed by atoms with Crippen molar-refractivity contribution in [1.82, 2.24) is 5.32 Å². The van der Waals surface area contributed by atoms with Crippen LogP contribution in [0.4, 0.5) is 0 Å². The lowest BCUT2D eigenvalue weighted by molar-refractivity contribution is 0.300. The van der Waals surface area contributed by atoms with Crippen molar-refractivity contribution in [1.29, 1.82) is 0 Å². The largest absolute Gasteiger partial charge is 0.494 e. The Bertz CT molecular complexity index is 518. The van der Waals surface area contributed by atoms with Gasteiger partial charge in [0.15, 0.2) is 9.84 Å². The SMILES string of the molecule is CC(C)(C)NCCCCOc1cccc(S(C)(=O)=O)c1. The smallest absolute Gasteiger partial charge is 0.175 e. The van der Waals surface area contributed by atoms with Gasteiger partial charge in [0.25, 0.3) is 0 Å². The molecule has 0 aromatic heterocycles. The predicted octanol–water partition coefficient (Wildman–Crippen LogP) is 2.64. The fourth-order valence-electron chi connectivity index (χ4n) is 1.68. The molecule has 0 amide bonds. The number of rotatable bonds is 7. The number of hydrogen-bond acceptors (Lipinski definition) is 4. The maximum atomic E-state index is 11.4. The fourth-order valence-corrected chi connectivity index (χ4v) is 2.33. The quantitative estimate of drug-likeness (QED) is 0.786. The van der Waals surface area contributed by atoms with Crippen LogP contribution in [0.5, 0.6) is 5.75 Å². The van der Waals surface area contributed by atoms with Gasteiger partial charge in [-0.25, -0.2) is 8.42 Å². The predicted molar refractivity (Wildman–Crippen MR) is 82.0 cm³/mol. The third kappa shape index (κ3) is 6.91. The Labute approximate surface area is 122 Å². The minimum absolute atomic E-state index is 0.144. The maximum absolute atomic E-state index is 11.4. The summed E-state index contributed by atoms with van der Waals surface area (Å²) in [6, 6.07) is 6.63. The van der Waals surface area contributed by atoms with Crippen LogP contribution >= 0.6 is 0 Å². The number of hydrogen-bond donors (Lipinski definition) is 1. The molecule has 0 saturated heterocycles. The standard InChI is InChI=1S/C15H25NO3S/c1-15(2,3)16-10-5-6-11-19-13-8-7-9-14(12-13)20(4,17)18/h7-9,12,16H,5-6,10-11H2,1-4H3. The molecule has 5 heteroatoms. The number of unbranched alkanes of at least 4 members (excludes halogenated alkanes) is 1. The highest BCUT2D eigenvalue weighted by molar-refractivity contribution is 7.90. The van der Waals surface area contributed by atoms with Crippen molar-refractivity contribution < 1.29 is 13.2 Å². The van der Waals surface area contributed by atoms with Gasteiger partial charge in [0.05, 0.1) is 11.5 Å². The van der Waals surface area contributed by atoms with E-state index in [1.54, 1.807) is 24.3 Å². The van der Waals surface area contributed by atoms with Crippen LogP contribution in [-0.4, -0.2) is 33.4 Å². The van der Waals surface area contributed by atoms with Crippen LogP contribution in [0.25, 0.3) is 0 Å². The summed E-state index contributed by atoms with van der Waals surface area (Å²) < 4.78 is 28.4. The van der Waals surface area contributed by atoms with Crippen molar-refractivity contribution in [2.75, 3.05) is 19.4 Å². The first-order valence-corrected chi connectivity index (χ1v) is 8.75. The topological polar surface area (TPSA) is 55.4 Å². The molecule has 114 valence electrons. The Morgan fingerprint density at radius 2 is 1.90 bits per heavy atom. The van der Waals surface area contributed by atoms with Gasteiger partial charge in [0.2, 0.25) is 0 Å². The van der Waals surface area contributed by atoms with Crippen molar-refractivity contribution in [2.24, 2.45) is 0 Å². The highest BCUT2D eigenvalue weighted by atomic mass is 32.2. The fraction of sp³-hybridized carbons (Fsp3) is 0.600. The molecule has 4 nitrogen and oxygen atoms in total. The van der Waals surface area contributed by atoms with E-state index in [0.29, 0.717) is 17.3 Å². The molecule has 0 bridgehead atoms. The van der Waals surface area contributed by atoms with Gasteiger partial charge in [-0.2, -0.15) is 0 Å². The summed E-state index contributed by atoms with van der Waals surface area (Å²) in [5.74, 6) is 0.608. The molecule has 1 aromatic carbocycles. The Morgan fingerprint density at radius 1 is 1.20 bits per heavy atom. The van der Waals surface area contributed by atoms with E-state index in [-0.39, 0.29) is 5.54 Å². The van der Waals surface area contributed by atoms with Crippen molar-refractivity contribution in [2.45, 2.75) is 44.0 Å². The lowest BCUT2D eigenvalue weighted by atomic mass is 10.1. The highest BCUT2D eigenvalue weighted by Gasteiger charge is 2.08. The maximum Gasteiger partial charge on any atom is 0.175 e. The van der Waals surface area contributed by atoms with E-state index >= 15 is 0 Å². The van der Waals surface area contributed by atoms with Gasteiger partial charge >= 0.3 is 0 Å². The Kier molecular flexibility index (Phi) is 6.02. The monoisotopic (exact) mass is 299 g/mol. The molecule has 1 aromatic rings. The second-order valence-electron chi connectivity index (χ2n) is 5.98. The Hall–Kier alpha value is -1.07. The molecule has 0 unspecified atom stereocenters. The summed E-state index contributed by atoms with van der Waals surface area (Å²) in [5.41, 5.74) is 0.144. The summed E-state index contributed by atoms with van der Waals surface area (Å²) in [4.78, 5) is 0.296. The van der Waals surface area contributed by atoms with E-state index < -0.39 is 9.84 Å². The Balaban J connectivity index is 2.33.